The normalized spacial score (nSPS) is 14.6. The smallest absolute Gasteiger partial charge is 0.0637 e. The van der Waals surface area contributed by atoms with Gasteiger partial charge < -0.3 is 5.32 Å². The molecule has 1 aliphatic carbocycles. The van der Waals surface area contributed by atoms with Crippen molar-refractivity contribution in [2.24, 2.45) is 0 Å². The van der Waals surface area contributed by atoms with E-state index < -0.39 is 0 Å². The molecule has 1 aliphatic rings. The first kappa shape index (κ1) is 13.0. The summed E-state index contributed by atoms with van der Waals surface area (Å²) in [6, 6.07) is 14.9. The molecule has 0 fully saturated rings. The lowest BCUT2D eigenvalue weighted by molar-refractivity contribution is 0.533. The molecule has 0 bridgehead atoms. The molecule has 2 aromatic rings. The fourth-order valence-electron chi connectivity index (χ4n) is 2.64. The molecule has 98 valence electrons. The first-order valence-corrected chi connectivity index (χ1v) is 7.22. The monoisotopic (exact) mass is 291 g/mol. The summed E-state index contributed by atoms with van der Waals surface area (Å²) in [4.78, 5) is 0. The zero-order chi connectivity index (χ0) is 13.2. The van der Waals surface area contributed by atoms with Gasteiger partial charge in [-0.05, 0) is 35.6 Å². The maximum absolute atomic E-state index is 6.20. The Labute approximate surface area is 123 Å². The van der Waals surface area contributed by atoms with Gasteiger partial charge in [0, 0.05) is 12.6 Å². The zero-order valence-electron chi connectivity index (χ0n) is 10.5. The Kier molecular flexibility index (Phi) is 3.79. The van der Waals surface area contributed by atoms with Gasteiger partial charge in [-0.2, -0.15) is 0 Å². The van der Waals surface area contributed by atoms with Crippen LogP contribution < -0.4 is 5.32 Å². The lowest BCUT2D eigenvalue weighted by atomic mass is 10.1. The van der Waals surface area contributed by atoms with Crippen LogP contribution in [0, 0.1) is 0 Å². The van der Waals surface area contributed by atoms with Crippen molar-refractivity contribution < 1.29 is 0 Å². The standard InChI is InChI=1S/C16H15Cl2N/c17-15-7-3-6-13(16(15)18)10-19-14-8-11-4-1-2-5-12(11)9-14/h1-7,14,19H,8-10H2. The molecule has 0 spiro atoms. The van der Waals surface area contributed by atoms with Crippen LogP contribution in [-0.2, 0) is 19.4 Å². The van der Waals surface area contributed by atoms with Crippen molar-refractivity contribution in [2.45, 2.75) is 25.4 Å². The lowest BCUT2D eigenvalue weighted by Gasteiger charge is -2.13. The zero-order valence-corrected chi connectivity index (χ0v) is 12.0. The van der Waals surface area contributed by atoms with Crippen LogP contribution in [0.2, 0.25) is 10.0 Å². The molecule has 0 amide bonds. The van der Waals surface area contributed by atoms with Gasteiger partial charge in [0.25, 0.3) is 0 Å². The van der Waals surface area contributed by atoms with Crippen LogP contribution in [0.25, 0.3) is 0 Å². The fourth-order valence-corrected chi connectivity index (χ4v) is 3.03. The molecule has 0 unspecified atom stereocenters. The van der Waals surface area contributed by atoms with E-state index >= 15 is 0 Å². The van der Waals surface area contributed by atoms with E-state index in [1.165, 1.54) is 11.1 Å². The number of fused-ring (bicyclic) bond motifs is 1. The minimum absolute atomic E-state index is 0.493. The minimum Gasteiger partial charge on any atom is -0.309 e. The number of benzene rings is 2. The van der Waals surface area contributed by atoms with Crippen LogP contribution >= 0.6 is 23.2 Å². The highest BCUT2D eigenvalue weighted by atomic mass is 35.5. The van der Waals surface area contributed by atoms with E-state index in [0.29, 0.717) is 16.1 Å². The third kappa shape index (κ3) is 2.79. The van der Waals surface area contributed by atoms with Gasteiger partial charge in [-0.15, -0.1) is 0 Å². The van der Waals surface area contributed by atoms with Crippen LogP contribution in [0.3, 0.4) is 0 Å². The molecule has 1 nitrogen and oxygen atoms in total. The van der Waals surface area contributed by atoms with Gasteiger partial charge in [0.05, 0.1) is 10.0 Å². The third-order valence-corrected chi connectivity index (χ3v) is 4.52. The second-order valence-electron chi connectivity index (χ2n) is 4.97. The number of nitrogens with one attached hydrogen (secondary N) is 1. The molecule has 0 aromatic heterocycles. The summed E-state index contributed by atoms with van der Waals surface area (Å²) >= 11 is 12.2. The van der Waals surface area contributed by atoms with E-state index in [9.17, 15) is 0 Å². The number of hydrogen-bond acceptors (Lipinski definition) is 1. The molecule has 3 rings (SSSR count). The number of rotatable bonds is 3. The Bertz CT molecular complexity index is 570. The molecule has 0 aliphatic heterocycles. The molecule has 0 heterocycles. The topological polar surface area (TPSA) is 12.0 Å². The van der Waals surface area contributed by atoms with Crippen LogP contribution in [0.1, 0.15) is 16.7 Å². The third-order valence-electron chi connectivity index (χ3n) is 3.66. The molecular weight excluding hydrogens is 277 g/mol. The number of hydrogen-bond donors (Lipinski definition) is 1. The van der Waals surface area contributed by atoms with Crippen LogP contribution in [0.15, 0.2) is 42.5 Å². The summed E-state index contributed by atoms with van der Waals surface area (Å²) in [5.74, 6) is 0. The molecule has 0 atom stereocenters. The van der Waals surface area contributed by atoms with Crippen molar-refractivity contribution in [3.05, 3.63) is 69.2 Å². The molecule has 1 N–H and O–H groups in total. The van der Waals surface area contributed by atoms with Crippen molar-refractivity contribution in [1.29, 1.82) is 0 Å². The highest BCUT2D eigenvalue weighted by molar-refractivity contribution is 6.42. The van der Waals surface area contributed by atoms with E-state index in [-0.39, 0.29) is 0 Å². The summed E-state index contributed by atoms with van der Waals surface area (Å²) in [6.45, 7) is 0.762. The van der Waals surface area contributed by atoms with E-state index in [1.54, 1.807) is 0 Å². The fraction of sp³-hybridized carbons (Fsp3) is 0.250. The minimum atomic E-state index is 0.493. The molecule has 0 saturated heterocycles. The SMILES string of the molecule is Clc1cccc(CNC2Cc3ccccc3C2)c1Cl. The molecule has 19 heavy (non-hydrogen) atoms. The molecule has 3 heteroatoms. The quantitative estimate of drug-likeness (QED) is 0.891. The average molecular weight is 292 g/mol. The summed E-state index contributed by atoms with van der Waals surface area (Å²) < 4.78 is 0. The van der Waals surface area contributed by atoms with Crippen molar-refractivity contribution in [3.8, 4) is 0 Å². The highest BCUT2D eigenvalue weighted by Gasteiger charge is 2.20. The van der Waals surface area contributed by atoms with Crippen molar-refractivity contribution in [3.63, 3.8) is 0 Å². The summed E-state index contributed by atoms with van der Waals surface area (Å²) in [5, 5.41) is 4.85. The summed E-state index contributed by atoms with van der Waals surface area (Å²) in [6.07, 6.45) is 2.18. The number of halogens is 2. The Morgan fingerprint density at radius 1 is 0.947 bits per heavy atom. The van der Waals surface area contributed by atoms with Gasteiger partial charge in [-0.3, -0.25) is 0 Å². The predicted molar refractivity (Wildman–Crippen MR) is 80.9 cm³/mol. The van der Waals surface area contributed by atoms with E-state index in [1.807, 2.05) is 18.2 Å². The van der Waals surface area contributed by atoms with Crippen molar-refractivity contribution >= 4 is 23.2 Å². The van der Waals surface area contributed by atoms with Gasteiger partial charge in [0.1, 0.15) is 0 Å². The predicted octanol–water partition coefficient (Wildman–Crippen LogP) is 4.25. The van der Waals surface area contributed by atoms with Crippen LogP contribution in [-0.4, -0.2) is 6.04 Å². The Morgan fingerprint density at radius 2 is 1.63 bits per heavy atom. The lowest BCUT2D eigenvalue weighted by Crippen LogP contribution is -2.29. The van der Waals surface area contributed by atoms with E-state index in [2.05, 4.69) is 29.6 Å². The van der Waals surface area contributed by atoms with Crippen molar-refractivity contribution in [2.75, 3.05) is 0 Å². The van der Waals surface area contributed by atoms with Gasteiger partial charge in [0.2, 0.25) is 0 Å². The summed E-state index contributed by atoms with van der Waals surface area (Å²) in [7, 11) is 0. The van der Waals surface area contributed by atoms with Crippen LogP contribution in [0.5, 0.6) is 0 Å². The molecule has 0 radical (unpaired) electrons. The van der Waals surface area contributed by atoms with Crippen molar-refractivity contribution in [1.82, 2.24) is 5.32 Å². The maximum atomic E-state index is 6.20. The molecule has 2 aromatic carbocycles. The summed E-state index contributed by atoms with van der Waals surface area (Å²) in [5.41, 5.74) is 3.97. The van der Waals surface area contributed by atoms with Gasteiger partial charge in [0.15, 0.2) is 0 Å². The van der Waals surface area contributed by atoms with Gasteiger partial charge >= 0.3 is 0 Å². The Hall–Kier alpha value is -1.02. The largest absolute Gasteiger partial charge is 0.309 e. The average Bonchev–Trinajstić information content (AvgIpc) is 2.83. The van der Waals surface area contributed by atoms with E-state index in [0.717, 1.165) is 24.9 Å². The first-order chi connectivity index (χ1) is 9.24. The molecular formula is C16H15Cl2N. The van der Waals surface area contributed by atoms with Gasteiger partial charge in [-0.1, -0.05) is 59.6 Å². The molecule has 0 saturated carbocycles. The van der Waals surface area contributed by atoms with Gasteiger partial charge in [-0.25, -0.2) is 0 Å². The Morgan fingerprint density at radius 3 is 2.32 bits per heavy atom. The maximum Gasteiger partial charge on any atom is 0.0637 e. The second kappa shape index (κ2) is 5.54. The van der Waals surface area contributed by atoms with E-state index in [4.69, 9.17) is 23.2 Å². The van der Waals surface area contributed by atoms with Crippen LogP contribution in [0.4, 0.5) is 0 Å². The highest BCUT2D eigenvalue weighted by Crippen LogP contribution is 2.26. The Balaban J connectivity index is 1.64. The first-order valence-electron chi connectivity index (χ1n) is 6.47. The second-order valence-corrected chi connectivity index (χ2v) is 5.75.